The van der Waals surface area contributed by atoms with Gasteiger partial charge in [0.25, 0.3) is 10.0 Å². The standard InChI is InChI=1S/C18H17ClN2O4S/c1-25-16-4-3-13(10-15(16)19)20-26(23,24)14-8-11-2-5-17(22)21-7-6-12(9-14)18(11)21/h3-4,8-10,20H,2,5-7H2,1H3. The molecule has 0 radical (unpaired) electrons. The van der Waals surface area contributed by atoms with E-state index in [2.05, 4.69) is 4.72 Å². The number of halogens is 1. The van der Waals surface area contributed by atoms with E-state index in [4.69, 9.17) is 16.3 Å². The minimum Gasteiger partial charge on any atom is -0.495 e. The van der Waals surface area contributed by atoms with Gasteiger partial charge in [0.2, 0.25) is 5.91 Å². The Bertz CT molecular complexity index is 1020. The van der Waals surface area contributed by atoms with Crippen molar-refractivity contribution in [3.8, 4) is 5.75 Å². The van der Waals surface area contributed by atoms with Crippen LogP contribution in [-0.2, 0) is 27.7 Å². The first kappa shape index (κ1) is 17.2. The fourth-order valence-electron chi connectivity index (χ4n) is 3.53. The lowest BCUT2D eigenvalue weighted by atomic mass is 10.00. The number of sulfonamides is 1. The molecule has 8 heteroatoms. The van der Waals surface area contributed by atoms with Gasteiger partial charge in [-0.15, -0.1) is 0 Å². The van der Waals surface area contributed by atoms with Gasteiger partial charge in [-0.25, -0.2) is 8.42 Å². The molecular formula is C18H17ClN2O4S. The van der Waals surface area contributed by atoms with Gasteiger partial charge in [-0.05, 0) is 54.3 Å². The number of amides is 1. The van der Waals surface area contributed by atoms with Crippen molar-refractivity contribution in [1.82, 2.24) is 0 Å². The van der Waals surface area contributed by atoms with Gasteiger partial charge in [-0.1, -0.05) is 11.6 Å². The smallest absolute Gasteiger partial charge is 0.261 e. The van der Waals surface area contributed by atoms with E-state index in [1.165, 1.54) is 13.2 Å². The number of nitrogens with one attached hydrogen (secondary N) is 1. The number of hydrogen-bond acceptors (Lipinski definition) is 4. The van der Waals surface area contributed by atoms with Crippen LogP contribution in [0.1, 0.15) is 17.5 Å². The maximum Gasteiger partial charge on any atom is 0.261 e. The SMILES string of the molecule is COc1ccc(NS(=O)(=O)c2cc3c4c(c2)CCN4C(=O)CC3)cc1Cl. The molecule has 2 aromatic rings. The van der Waals surface area contributed by atoms with E-state index < -0.39 is 10.0 Å². The second-order valence-corrected chi connectivity index (χ2v) is 8.43. The predicted molar refractivity (Wildman–Crippen MR) is 99.6 cm³/mol. The van der Waals surface area contributed by atoms with Gasteiger partial charge in [-0.3, -0.25) is 9.52 Å². The van der Waals surface area contributed by atoms with Crippen LogP contribution in [0.3, 0.4) is 0 Å². The van der Waals surface area contributed by atoms with Crippen LogP contribution in [0.4, 0.5) is 11.4 Å². The average Bonchev–Trinajstić information content (AvgIpc) is 3.03. The molecular weight excluding hydrogens is 376 g/mol. The number of nitrogens with zero attached hydrogens (tertiary/aromatic N) is 1. The van der Waals surface area contributed by atoms with Crippen molar-refractivity contribution in [1.29, 1.82) is 0 Å². The molecule has 2 heterocycles. The van der Waals surface area contributed by atoms with Crippen LogP contribution in [0.5, 0.6) is 5.75 Å². The molecule has 0 fully saturated rings. The van der Waals surface area contributed by atoms with Crippen LogP contribution < -0.4 is 14.4 Å². The number of rotatable bonds is 4. The largest absolute Gasteiger partial charge is 0.495 e. The third-order valence-electron chi connectivity index (χ3n) is 4.74. The van der Waals surface area contributed by atoms with Gasteiger partial charge in [0.15, 0.2) is 0 Å². The van der Waals surface area contributed by atoms with Crippen LogP contribution in [0, 0.1) is 0 Å². The van der Waals surface area contributed by atoms with Crippen molar-refractivity contribution in [2.75, 3.05) is 23.3 Å². The van der Waals surface area contributed by atoms with Gasteiger partial charge in [0.1, 0.15) is 5.75 Å². The maximum absolute atomic E-state index is 12.8. The molecule has 1 N–H and O–H groups in total. The average molecular weight is 393 g/mol. The Balaban J connectivity index is 1.69. The van der Waals surface area contributed by atoms with Gasteiger partial charge in [0.05, 0.1) is 28.4 Å². The Morgan fingerprint density at radius 1 is 1.12 bits per heavy atom. The molecule has 0 bridgehead atoms. The molecule has 0 aromatic heterocycles. The van der Waals surface area contributed by atoms with Crippen molar-refractivity contribution >= 4 is 38.9 Å². The molecule has 0 spiro atoms. The number of anilines is 2. The number of methoxy groups -OCH3 is 1. The van der Waals surface area contributed by atoms with Crippen LogP contribution in [0.25, 0.3) is 0 Å². The first-order valence-corrected chi connectivity index (χ1v) is 10.1. The van der Waals surface area contributed by atoms with Crippen LogP contribution >= 0.6 is 11.6 Å². The highest BCUT2D eigenvalue weighted by Gasteiger charge is 2.32. The second kappa shape index (κ2) is 6.17. The van der Waals surface area contributed by atoms with Crippen LogP contribution in [-0.4, -0.2) is 28.0 Å². The zero-order valence-corrected chi connectivity index (χ0v) is 15.7. The third kappa shape index (κ3) is 2.81. The van der Waals surface area contributed by atoms with Crippen molar-refractivity contribution in [3.63, 3.8) is 0 Å². The molecule has 0 unspecified atom stereocenters. The summed E-state index contributed by atoms with van der Waals surface area (Å²) in [5, 5.41) is 0.325. The molecule has 2 aliphatic heterocycles. The lowest BCUT2D eigenvalue weighted by Gasteiger charge is -2.25. The van der Waals surface area contributed by atoms with E-state index in [9.17, 15) is 13.2 Å². The second-order valence-electron chi connectivity index (χ2n) is 6.34. The molecule has 1 amide bonds. The molecule has 0 saturated heterocycles. The summed E-state index contributed by atoms with van der Waals surface area (Å²) >= 11 is 6.07. The summed E-state index contributed by atoms with van der Waals surface area (Å²) < 4.78 is 33.3. The number of ether oxygens (including phenoxy) is 1. The topological polar surface area (TPSA) is 75.7 Å². The van der Waals surface area contributed by atoms with Gasteiger partial charge in [0, 0.05) is 13.0 Å². The van der Waals surface area contributed by atoms with Gasteiger partial charge in [-0.2, -0.15) is 0 Å². The third-order valence-corrected chi connectivity index (χ3v) is 6.40. The highest BCUT2D eigenvalue weighted by Crippen LogP contribution is 2.38. The lowest BCUT2D eigenvalue weighted by molar-refractivity contribution is -0.118. The molecule has 26 heavy (non-hydrogen) atoms. The fraction of sp³-hybridized carbons (Fsp3) is 0.278. The zero-order chi connectivity index (χ0) is 18.5. The Morgan fingerprint density at radius 2 is 1.85 bits per heavy atom. The highest BCUT2D eigenvalue weighted by atomic mass is 35.5. The van der Waals surface area contributed by atoms with Crippen molar-refractivity contribution in [3.05, 3.63) is 46.5 Å². The van der Waals surface area contributed by atoms with Crippen LogP contribution in [0.15, 0.2) is 35.2 Å². The molecule has 136 valence electrons. The van der Waals surface area contributed by atoms with E-state index in [1.807, 2.05) is 0 Å². The summed E-state index contributed by atoms with van der Waals surface area (Å²) in [6, 6.07) is 8.04. The summed E-state index contributed by atoms with van der Waals surface area (Å²) in [6.45, 7) is 0.617. The van der Waals surface area contributed by atoms with Crippen molar-refractivity contribution in [2.24, 2.45) is 0 Å². The molecule has 0 saturated carbocycles. The normalized spacial score (nSPS) is 15.8. The predicted octanol–water partition coefficient (Wildman–Crippen LogP) is 2.98. The van der Waals surface area contributed by atoms with E-state index in [1.54, 1.807) is 29.2 Å². The lowest BCUT2D eigenvalue weighted by Crippen LogP contribution is -2.33. The number of aryl methyl sites for hydroxylation is 1. The van der Waals surface area contributed by atoms with E-state index >= 15 is 0 Å². The van der Waals surface area contributed by atoms with Gasteiger partial charge >= 0.3 is 0 Å². The molecule has 0 aliphatic carbocycles. The summed E-state index contributed by atoms with van der Waals surface area (Å²) in [5.74, 6) is 0.583. The first-order valence-electron chi connectivity index (χ1n) is 8.21. The van der Waals surface area contributed by atoms with E-state index in [0.29, 0.717) is 42.3 Å². The quantitative estimate of drug-likeness (QED) is 0.867. The molecule has 2 aromatic carbocycles. The Kier molecular flexibility index (Phi) is 4.08. The molecule has 0 atom stereocenters. The fourth-order valence-corrected chi connectivity index (χ4v) is 4.93. The number of hydrogen-bond donors (Lipinski definition) is 1. The summed E-state index contributed by atoms with van der Waals surface area (Å²) in [4.78, 5) is 14.0. The monoisotopic (exact) mass is 392 g/mol. The van der Waals surface area contributed by atoms with Crippen LogP contribution in [0.2, 0.25) is 5.02 Å². The first-order chi connectivity index (χ1) is 12.4. The Morgan fingerprint density at radius 3 is 2.54 bits per heavy atom. The molecule has 6 nitrogen and oxygen atoms in total. The maximum atomic E-state index is 12.8. The Hall–Kier alpha value is -2.25. The minimum atomic E-state index is -3.76. The summed E-state index contributed by atoms with van der Waals surface area (Å²) in [5.41, 5.74) is 3.07. The Labute approximate surface area is 156 Å². The van der Waals surface area contributed by atoms with Gasteiger partial charge < -0.3 is 9.64 Å². The molecule has 4 rings (SSSR count). The zero-order valence-electron chi connectivity index (χ0n) is 14.1. The molecule has 2 aliphatic rings. The summed E-state index contributed by atoms with van der Waals surface area (Å²) in [7, 11) is -2.27. The highest BCUT2D eigenvalue weighted by molar-refractivity contribution is 7.92. The minimum absolute atomic E-state index is 0.109. The number of carbonyl (C=O) groups is 1. The number of carbonyl (C=O) groups excluding carboxylic acids is 1. The van der Waals surface area contributed by atoms with Crippen molar-refractivity contribution in [2.45, 2.75) is 24.2 Å². The summed E-state index contributed by atoms with van der Waals surface area (Å²) in [6.07, 6.45) is 1.65. The van der Waals surface area contributed by atoms with E-state index in [-0.39, 0.29) is 10.8 Å². The van der Waals surface area contributed by atoms with E-state index in [0.717, 1.165) is 16.8 Å². The number of benzene rings is 2. The van der Waals surface area contributed by atoms with Crippen molar-refractivity contribution < 1.29 is 17.9 Å².